The van der Waals surface area contributed by atoms with Gasteiger partial charge in [0.05, 0.1) is 17.4 Å². The van der Waals surface area contributed by atoms with Gasteiger partial charge in [-0.3, -0.25) is 14.9 Å². The molecule has 1 aromatic carbocycles. The molecule has 5 heteroatoms. The number of nitrogens with zero attached hydrogens (tertiary/aromatic N) is 1. The summed E-state index contributed by atoms with van der Waals surface area (Å²) in [6.07, 6.45) is 2.19. The maximum atomic E-state index is 11.1. The minimum absolute atomic E-state index is 0.0632. The molecule has 0 fully saturated rings. The molecule has 1 aromatic rings. The normalized spacial score (nSPS) is 21.8. The second-order valence-electron chi connectivity index (χ2n) is 4.57. The fourth-order valence-electron chi connectivity index (χ4n) is 2.46. The molecule has 0 saturated heterocycles. The zero-order valence-electron chi connectivity index (χ0n) is 10.6. The summed E-state index contributed by atoms with van der Waals surface area (Å²) in [6.45, 7) is 1.55. The van der Waals surface area contributed by atoms with Crippen LogP contribution in [0.4, 0.5) is 0 Å². The van der Waals surface area contributed by atoms with Crippen molar-refractivity contribution in [2.75, 3.05) is 6.61 Å². The molecular weight excluding hydrogens is 246 g/mol. The average Bonchev–Trinajstić information content (AvgIpc) is 2.81. The van der Waals surface area contributed by atoms with E-state index in [0.717, 1.165) is 5.56 Å². The van der Waals surface area contributed by atoms with E-state index >= 15 is 0 Å². The Morgan fingerprint density at radius 2 is 2.11 bits per heavy atom. The number of carbonyl (C=O) groups is 1. The molecule has 0 aromatic heterocycles. The van der Waals surface area contributed by atoms with Crippen molar-refractivity contribution in [3.8, 4) is 0 Å². The maximum absolute atomic E-state index is 11.1. The summed E-state index contributed by atoms with van der Waals surface area (Å²) >= 11 is 0. The van der Waals surface area contributed by atoms with E-state index in [1.807, 2.05) is 30.3 Å². The monoisotopic (exact) mass is 261 g/mol. The first kappa shape index (κ1) is 13.3. The van der Waals surface area contributed by atoms with Crippen LogP contribution in [0.25, 0.3) is 0 Å². The van der Waals surface area contributed by atoms with E-state index in [2.05, 4.69) is 0 Å². The molecular formula is C14H15NO4. The number of benzene rings is 1. The number of nitro groups is 1. The van der Waals surface area contributed by atoms with Crippen LogP contribution in [0.3, 0.4) is 0 Å². The summed E-state index contributed by atoms with van der Waals surface area (Å²) in [7, 11) is 0. The molecule has 0 saturated carbocycles. The smallest absolute Gasteiger partial charge is 0.302 e. The quantitative estimate of drug-likeness (QED) is 0.474. The summed E-state index contributed by atoms with van der Waals surface area (Å²) in [5.41, 5.74) is 1.09. The van der Waals surface area contributed by atoms with Crippen LogP contribution in [0.2, 0.25) is 0 Å². The van der Waals surface area contributed by atoms with E-state index in [9.17, 15) is 14.9 Å². The van der Waals surface area contributed by atoms with Gasteiger partial charge in [0.2, 0.25) is 5.70 Å². The topological polar surface area (TPSA) is 69.4 Å². The zero-order chi connectivity index (χ0) is 13.8. The average molecular weight is 261 g/mol. The van der Waals surface area contributed by atoms with Crippen molar-refractivity contribution in [1.29, 1.82) is 0 Å². The van der Waals surface area contributed by atoms with Gasteiger partial charge in [-0.25, -0.2) is 0 Å². The Bertz CT molecular complexity index is 509. The second-order valence-corrected chi connectivity index (χ2v) is 4.57. The molecule has 2 rings (SSSR count). The predicted octanol–water partition coefficient (Wildman–Crippen LogP) is 2.51. The lowest BCUT2D eigenvalue weighted by Gasteiger charge is -2.19. The molecule has 0 radical (unpaired) electrons. The third kappa shape index (κ3) is 2.99. The van der Waals surface area contributed by atoms with E-state index in [4.69, 9.17) is 4.74 Å². The lowest BCUT2D eigenvalue weighted by atomic mass is 9.88. The number of rotatable bonds is 4. The number of esters is 1. The summed E-state index contributed by atoms with van der Waals surface area (Å²) in [5, 5.41) is 11.1. The predicted molar refractivity (Wildman–Crippen MR) is 69.0 cm³/mol. The third-order valence-corrected chi connectivity index (χ3v) is 3.29. The fraction of sp³-hybridized carbons (Fsp3) is 0.357. The molecule has 1 aliphatic rings. The second kappa shape index (κ2) is 5.65. The van der Waals surface area contributed by atoms with Crippen molar-refractivity contribution in [2.24, 2.45) is 5.92 Å². The summed E-state index contributed by atoms with van der Waals surface area (Å²) < 4.78 is 5.01. The Balaban J connectivity index is 2.23. The number of hydrogen-bond acceptors (Lipinski definition) is 4. The van der Waals surface area contributed by atoms with Crippen molar-refractivity contribution in [3.63, 3.8) is 0 Å². The summed E-state index contributed by atoms with van der Waals surface area (Å²) in [4.78, 5) is 21.6. The highest BCUT2D eigenvalue weighted by Gasteiger charge is 2.38. The molecule has 0 heterocycles. The highest BCUT2D eigenvalue weighted by atomic mass is 16.6. The van der Waals surface area contributed by atoms with Crippen LogP contribution in [0.1, 0.15) is 24.8 Å². The molecule has 0 unspecified atom stereocenters. The molecule has 0 N–H and O–H groups in total. The molecule has 5 nitrogen and oxygen atoms in total. The van der Waals surface area contributed by atoms with Gasteiger partial charge >= 0.3 is 5.97 Å². The fourth-order valence-corrected chi connectivity index (χ4v) is 2.46. The van der Waals surface area contributed by atoms with Crippen LogP contribution in [-0.2, 0) is 9.53 Å². The third-order valence-electron chi connectivity index (χ3n) is 3.29. The Hall–Kier alpha value is -2.17. The van der Waals surface area contributed by atoms with Crippen LogP contribution in [0.15, 0.2) is 42.1 Å². The Kier molecular flexibility index (Phi) is 3.94. The van der Waals surface area contributed by atoms with Gasteiger partial charge < -0.3 is 4.74 Å². The SMILES string of the molecule is CC(=O)OC[C@@H]1CC=C([N+](=O)[O-])[C@@H]1c1ccccc1. The molecule has 2 atom stereocenters. The molecule has 19 heavy (non-hydrogen) atoms. The zero-order valence-corrected chi connectivity index (χ0v) is 10.6. The van der Waals surface area contributed by atoms with Crippen molar-refractivity contribution in [2.45, 2.75) is 19.3 Å². The van der Waals surface area contributed by atoms with Crippen LogP contribution in [0.5, 0.6) is 0 Å². The Labute approximate surface area is 111 Å². The van der Waals surface area contributed by atoms with Crippen molar-refractivity contribution < 1.29 is 14.5 Å². The first-order valence-electron chi connectivity index (χ1n) is 6.12. The van der Waals surface area contributed by atoms with E-state index in [1.165, 1.54) is 6.92 Å². The molecule has 100 valence electrons. The maximum Gasteiger partial charge on any atom is 0.302 e. The van der Waals surface area contributed by atoms with Crippen LogP contribution < -0.4 is 0 Å². The number of carbonyl (C=O) groups excluding carboxylic acids is 1. The number of ether oxygens (including phenoxy) is 1. The number of allylic oxidation sites excluding steroid dienone is 2. The van der Waals surface area contributed by atoms with Gasteiger partial charge in [0.25, 0.3) is 0 Å². The van der Waals surface area contributed by atoms with E-state index in [1.54, 1.807) is 6.08 Å². The minimum atomic E-state index is -0.360. The van der Waals surface area contributed by atoms with Crippen molar-refractivity contribution in [3.05, 3.63) is 57.8 Å². The molecule has 1 aliphatic carbocycles. The van der Waals surface area contributed by atoms with Gasteiger partial charge in [-0.05, 0) is 18.1 Å². The van der Waals surface area contributed by atoms with Gasteiger partial charge in [0, 0.05) is 12.8 Å². The number of hydrogen-bond donors (Lipinski definition) is 0. The molecule has 0 bridgehead atoms. The summed E-state index contributed by atoms with van der Waals surface area (Å²) in [6, 6.07) is 9.32. The van der Waals surface area contributed by atoms with Crippen molar-refractivity contribution in [1.82, 2.24) is 0 Å². The largest absolute Gasteiger partial charge is 0.466 e. The minimum Gasteiger partial charge on any atom is -0.466 e. The van der Waals surface area contributed by atoms with Crippen LogP contribution >= 0.6 is 0 Å². The Morgan fingerprint density at radius 3 is 2.68 bits per heavy atom. The van der Waals surface area contributed by atoms with E-state index < -0.39 is 0 Å². The van der Waals surface area contributed by atoms with Gasteiger partial charge in [0.1, 0.15) is 0 Å². The lowest BCUT2D eigenvalue weighted by molar-refractivity contribution is -0.430. The van der Waals surface area contributed by atoms with Crippen LogP contribution in [0, 0.1) is 16.0 Å². The van der Waals surface area contributed by atoms with Crippen LogP contribution in [-0.4, -0.2) is 17.5 Å². The standard InChI is InChI=1S/C14H15NO4/c1-10(16)19-9-12-7-8-13(15(17)18)14(12)11-5-3-2-4-6-11/h2-6,8,12,14H,7,9H2,1H3/t12-,14+/m0/s1. The van der Waals surface area contributed by atoms with E-state index in [-0.39, 0.29) is 35.0 Å². The highest BCUT2D eigenvalue weighted by Crippen LogP contribution is 2.40. The highest BCUT2D eigenvalue weighted by molar-refractivity contribution is 5.65. The molecule has 0 amide bonds. The molecule has 0 spiro atoms. The van der Waals surface area contributed by atoms with Gasteiger partial charge in [-0.15, -0.1) is 0 Å². The van der Waals surface area contributed by atoms with Crippen molar-refractivity contribution >= 4 is 5.97 Å². The Morgan fingerprint density at radius 1 is 1.42 bits per heavy atom. The summed E-state index contributed by atoms with van der Waals surface area (Å²) in [5.74, 6) is -0.733. The van der Waals surface area contributed by atoms with Gasteiger partial charge in [0.15, 0.2) is 0 Å². The van der Waals surface area contributed by atoms with Gasteiger partial charge in [-0.2, -0.15) is 0 Å². The first-order chi connectivity index (χ1) is 9.09. The van der Waals surface area contributed by atoms with E-state index in [0.29, 0.717) is 6.42 Å². The first-order valence-corrected chi connectivity index (χ1v) is 6.12. The lowest BCUT2D eigenvalue weighted by Crippen LogP contribution is -2.19. The molecule has 0 aliphatic heterocycles. The van der Waals surface area contributed by atoms with Gasteiger partial charge in [-0.1, -0.05) is 30.3 Å².